The first-order chi connectivity index (χ1) is 17.8. The van der Waals surface area contributed by atoms with E-state index in [-0.39, 0.29) is 13.1 Å². The molecule has 0 saturated heterocycles. The molecule has 37 heavy (non-hydrogen) atoms. The van der Waals surface area contributed by atoms with Crippen molar-refractivity contribution in [2.45, 2.75) is 6.54 Å². The second-order valence-corrected chi connectivity index (χ2v) is 8.91. The lowest BCUT2D eigenvalue weighted by Crippen LogP contribution is -2.30. The minimum Gasteiger partial charge on any atom is -0.350 e. The number of hydrogen-bond acceptors (Lipinski definition) is 7. The Labute approximate surface area is 220 Å². The molecule has 0 aliphatic heterocycles. The molecule has 0 spiro atoms. The van der Waals surface area contributed by atoms with Gasteiger partial charge in [0.15, 0.2) is 0 Å². The number of fused-ring (bicyclic) bond motifs is 1. The number of amides is 1. The fourth-order valence-corrected chi connectivity index (χ4v) is 4.45. The van der Waals surface area contributed by atoms with Crippen molar-refractivity contribution >= 4 is 46.1 Å². The fraction of sp³-hybridized carbons (Fsp3) is 0.125. The second-order valence-electron chi connectivity index (χ2n) is 8.07. The van der Waals surface area contributed by atoms with Crippen LogP contribution in [0.4, 0.5) is 10.3 Å². The highest BCUT2D eigenvalue weighted by atomic mass is 35.5. The van der Waals surface area contributed by atoms with Gasteiger partial charge in [-0.15, -0.1) is 10.2 Å². The van der Waals surface area contributed by atoms with Crippen LogP contribution in [0.25, 0.3) is 33.5 Å². The Balaban J connectivity index is 1.45. The average Bonchev–Trinajstić information content (AvgIpc) is 3.45. The number of anilines is 1. The summed E-state index contributed by atoms with van der Waals surface area (Å²) in [5.74, 6) is -0.226. The Hall–Kier alpha value is -4.06. The van der Waals surface area contributed by atoms with Crippen LogP contribution in [0.3, 0.4) is 0 Å². The molecule has 2 heterocycles. The van der Waals surface area contributed by atoms with E-state index >= 15 is 4.39 Å². The third kappa shape index (κ3) is 4.96. The molecule has 1 amide bonds. The summed E-state index contributed by atoms with van der Waals surface area (Å²) in [7, 11) is 1.64. The van der Waals surface area contributed by atoms with Gasteiger partial charge in [-0.05, 0) is 46.7 Å². The summed E-state index contributed by atoms with van der Waals surface area (Å²) in [6.07, 6.45) is 0. The Morgan fingerprint density at radius 3 is 2.68 bits per heavy atom. The van der Waals surface area contributed by atoms with Crippen LogP contribution in [0.2, 0.25) is 10.0 Å². The molecule has 5 aromatic rings. The summed E-state index contributed by atoms with van der Waals surface area (Å²) in [4.78, 5) is 17.8. The van der Waals surface area contributed by atoms with Crippen LogP contribution in [0.1, 0.15) is 5.56 Å². The molecule has 3 aromatic carbocycles. The standard InChI is InChI=1S/C24H20Cl2FN9O/c1-35-33-23(31-34-35)22-16(9-15(25)10-17(22)26)13-6-7-14(18(27)8-13)12-29-24-30-19-4-2-3-5-20(19)36(24)32-21(37)11-28/h2-10H,11-12,28H2,1H3,(H,29,30)(H,32,37). The van der Waals surface area contributed by atoms with E-state index in [0.717, 1.165) is 0 Å². The molecule has 0 fully saturated rings. The van der Waals surface area contributed by atoms with Crippen LogP contribution < -0.4 is 16.5 Å². The summed E-state index contributed by atoms with van der Waals surface area (Å²) in [6, 6.07) is 15.3. The summed E-state index contributed by atoms with van der Waals surface area (Å²) in [5.41, 5.74) is 11.4. The zero-order valence-corrected chi connectivity index (χ0v) is 20.9. The molecule has 0 aliphatic carbocycles. The zero-order chi connectivity index (χ0) is 26.1. The number of para-hydroxylation sites is 2. The lowest BCUT2D eigenvalue weighted by atomic mass is 9.97. The molecular weight excluding hydrogens is 520 g/mol. The van der Waals surface area contributed by atoms with E-state index in [0.29, 0.717) is 55.1 Å². The number of nitrogens with one attached hydrogen (secondary N) is 2. The van der Waals surface area contributed by atoms with E-state index in [1.807, 2.05) is 12.1 Å². The number of halogens is 3. The summed E-state index contributed by atoms with van der Waals surface area (Å²) in [5, 5.41) is 15.9. The van der Waals surface area contributed by atoms with Crippen LogP contribution in [0.5, 0.6) is 0 Å². The molecule has 5 rings (SSSR count). The zero-order valence-electron chi connectivity index (χ0n) is 19.4. The van der Waals surface area contributed by atoms with Gasteiger partial charge in [-0.1, -0.05) is 47.5 Å². The van der Waals surface area contributed by atoms with E-state index in [2.05, 4.69) is 31.1 Å². The molecule has 0 saturated carbocycles. The molecule has 2 aromatic heterocycles. The predicted octanol–water partition coefficient (Wildman–Crippen LogP) is 3.98. The number of nitrogens with zero attached hydrogens (tertiary/aromatic N) is 6. The smallest absolute Gasteiger partial charge is 0.252 e. The SMILES string of the molecule is Cn1nnc(-c2c(Cl)cc(Cl)cc2-c2ccc(CNc3nc4ccccc4n3NC(=O)CN)c(F)c2)n1. The molecule has 0 radical (unpaired) electrons. The lowest BCUT2D eigenvalue weighted by molar-refractivity contribution is -0.115. The lowest BCUT2D eigenvalue weighted by Gasteiger charge is -2.13. The van der Waals surface area contributed by atoms with E-state index in [1.54, 1.807) is 43.4 Å². The van der Waals surface area contributed by atoms with Crippen LogP contribution in [0, 0.1) is 5.82 Å². The summed E-state index contributed by atoms with van der Waals surface area (Å²) in [6.45, 7) is -0.0928. The number of nitrogens with two attached hydrogens (primary N) is 1. The Morgan fingerprint density at radius 2 is 1.95 bits per heavy atom. The van der Waals surface area contributed by atoms with Crippen LogP contribution >= 0.6 is 23.2 Å². The normalized spacial score (nSPS) is 11.2. The van der Waals surface area contributed by atoms with Crippen LogP contribution in [-0.2, 0) is 18.4 Å². The van der Waals surface area contributed by atoms with Crippen molar-refractivity contribution < 1.29 is 9.18 Å². The maximum Gasteiger partial charge on any atom is 0.252 e. The van der Waals surface area contributed by atoms with Gasteiger partial charge in [-0.2, -0.15) is 4.80 Å². The van der Waals surface area contributed by atoms with Crippen molar-refractivity contribution in [3.05, 3.63) is 76.0 Å². The van der Waals surface area contributed by atoms with Crippen LogP contribution in [-0.4, -0.2) is 42.3 Å². The molecule has 4 N–H and O–H groups in total. The highest BCUT2D eigenvalue weighted by molar-refractivity contribution is 6.37. The van der Waals surface area contributed by atoms with E-state index in [1.165, 1.54) is 15.5 Å². The van der Waals surface area contributed by atoms with Gasteiger partial charge in [0.25, 0.3) is 5.91 Å². The highest BCUT2D eigenvalue weighted by Crippen LogP contribution is 2.38. The topological polar surface area (TPSA) is 129 Å². The van der Waals surface area contributed by atoms with E-state index in [9.17, 15) is 4.79 Å². The maximum atomic E-state index is 15.3. The van der Waals surface area contributed by atoms with E-state index in [4.69, 9.17) is 28.9 Å². The maximum absolute atomic E-state index is 15.3. The molecule has 0 aliphatic rings. The van der Waals surface area contributed by atoms with E-state index < -0.39 is 11.7 Å². The van der Waals surface area contributed by atoms with Gasteiger partial charge in [-0.3, -0.25) is 10.2 Å². The largest absolute Gasteiger partial charge is 0.350 e. The number of carbonyl (C=O) groups is 1. The Bertz CT molecular complexity index is 1630. The monoisotopic (exact) mass is 539 g/mol. The molecule has 10 nitrogen and oxygen atoms in total. The van der Waals surface area contributed by atoms with Crippen molar-refractivity contribution in [3.63, 3.8) is 0 Å². The fourth-order valence-electron chi connectivity index (χ4n) is 3.87. The number of aromatic nitrogens is 6. The minimum atomic E-state index is -0.465. The first-order valence-electron chi connectivity index (χ1n) is 11.1. The molecule has 0 unspecified atom stereocenters. The van der Waals surface area contributed by atoms with Crippen LogP contribution in [0.15, 0.2) is 54.6 Å². The quantitative estimate of drug-likeness (QED) is 0.285. The van der Waals surface area contributed by atoms with Crippen molar-refractivity contribution in [1.29, 1.82) is 0 Å². The van der Waals surface area contributed by atoms with Gasteiger partial charge in [0.2, 0.25) is 11.8 Å². The molecule has 13 heteroatoms. The number of aryl methyl sites for hydroxylation is 1. The average molecular weight is 540 g/mol. The Morgan fingerprint density at radius 1 is 1.14 bits per heavy atom. The van der Waals surface area contributed by atoms with Crippen molar-refractivity contribution in [2.24, 2.45) is 12.8 Å². The third-order valence-corrected chi connectivity index (χ3v) is 6.09. The number of tetrazole rings is 1. The molecule has 188 valence electrons. The highest BCUT2D eigenvalue weighted by Gasteiger charge is 2.19. The number of hydrogen-bond donors (Lipinski definition) is 3. The minimum absolute atomic E-state index is 0.100. The first-order valence-corrected chi connectivity index (χ1v) is 11.8. The van der Waals surface area contributed by atoms with Gasteiger partial charge in [-0.25, -0.2) is 14.1 Å². The number of rotatable bonds is 7. The predicted molar refractivity (Wildman–Crippen MR) is 140 cm³/mol. The van der Waals surface area contributed by atoms with Gasteiger partial charge in [0.05, 0.1) is 29.6 Å². The van der Waals surface area contributed by atoms with Gasteiger partial charge < -0.3 is 11.1 Å². The Kier molecular flexibility index (Phi) is 6.74. The van der Waals surface area contributed by atoms with Crippen molar-refractivity contribution in [3.8, 4) is 22.5 Å². The number of carbonyl (C=O) groups excluding carboxylic acids is 1. The summed E-state index contributed by atoms with van der Waals surface area (Å²) < 4.78 is 16.8. The van der Waals surface area contributed by atoms with Gasteiger partial charge in [0, 0.05) is 22.7 Å². The van der Waals surface area contributed by atoms with Gasteiger partial charge in [0.1, 0.15) is 5.82 Å². The third-order valence-electron chi connectivity index (χ3n) is 5.57. The van der Waals surface area contributed by atoms with Crippen molar-refractivity contribution in [1.82, 2.24) is 29.9 Å². The van der Waals surface area contributed by atoms with Crippen molar-refractivity contribution in [2.75, 3.05) is 17.3 Å². The first kappa shape index (κ1) is 24.6. The second kappa shape index (κ2) is 10.1. The molecular formula is C24H20Cl2FN9O. The molecule has 0 atom stereocenters. The molecule has 0 bridgehead atoms. The number of imidazole rings is 1. The summed E-state index contributed by atoms with van der Waals surface area (Å²) >= 11 is 12.7. The van der Waals surface area contributed by atoms with Gasteiger partial charge >= 0.3 is 0 Å². The number of benzene rings is 3.